The molecule has 0 radical (unpaired) electrons. The van der Waals surface area contributed by atoms with Crippen molar-refractivity contribution in [3.8, 4) is 5.75 Å². The van der Waals surface area contributed by atoms with E-state index in [0.717, 1.165) is 12.2 Å². The van der Waals surface area contributed by atoms with Gasteiger partial charge in [0.2, 0.25) is 0 Å². The lowest BCUT2D eigenvalue weighted by Crippen LogP contribution is -2.52. The summed E-state index contributed by atoms with van der Waals surface area (Å²) in [6.07, 6.45) is -5.08. The highest BCUT2D eigenvalue weighted by Crippen LogP contribution is 2.33. The molecule has 226 valence electrons. The molecular formula is C28H30F3N3O7S. The van der Waals surface area contributed by atoms with Crippen molar-refractivity contribution >= 4 is 39.0 Å². The van der Waals surface area contributed by atoms with Gasteiger partial charge in [0.25, 0.3) is 10.0 Å². The number of carboxylic acid groups (broad SMARTS) is 2. The molecule has 10 nitrogen and oxygen atoms in total. The lowest BCUT2D eigenvalue weighted by atomic mass is 10.1. The number of halogens is 3. The Bertz CT molecular complexity index is 1530. The average Bonchev–Trinajstić information content (AvgIpc) is 2.92. The lowest BCUT2D eigenvalue weighted by Gasteiger charge is -2.43. The number of aromatic carboxylic acids is 1. The van der Waals surface area contributed by atoms with E-state index < -0.39 is 28.1 Å². The number of methoxy groups -OCH3 is 1. The summed E-state index contributed by atoms with van der Waals surface area (Å²) >= 11 is 0. The molecule has 0 amide bonds. The van der Waals surface area contributed by atoms with Crippen LogP contribution in [-0.4, -0.2) is 69.5 Å². The average molecular weight is 610 g/mol. The first-order valence-electron chi connectivity index (χ1n) is 12.5. The number of hydrogen-bond acceptors (Lipinski definition) is 7. The molecular weight excluding hydrogens is 579 g/mol. The van der Waals surface area contributed by atoms with Gasteiger partial charge >= 0.3 is 18.1 Å². The molecule has 14 heteroatoms. The normalized spacial score (nSPS) is 15.3. The van der Waals surface area contributed by atoms with Gasteiger partial charge in [-0.1, -0.05) is 12.1 Å². The van der Waals surface area contributed by atoms with E-state index in [1.54, 1.807) is 18.2 Å². The smallest absolute Gasteiger partial charge is 0.490 e. The van der Waals surface area contributed by atoms with Gasteiger partial charge in [-0.2, -0.15) is 13.2 Å². The van der Waals surface area contributed by atoms with Gasteiger partial charge < -0.3 is 24.7 Å². The Labute approximate surface area is 241 Å². The van der Waals surface area contributed by atoms with Crippen LogP contribution in [0.25, 0.3) is 0 Å². The number of rotatable bonds is 7. The van der Waals surface area contributed by atoms with Crippen LogP contribution in [0.1, 0.15) is 22.8 Å². The largest absolute Gasteiger partial charge is 0.497 e. The zero-order valence-corrected chi connectivity index (χ0v) is 23.7. The Hall–Kier alpha value is -4.46. The predicted molar refractivity (Wildman–Crippen MR) is 151 cm³/mol. The number of sulfonamides is 1. The molecule has 0 aromatic heterocycles. The van der Waals surface area contributed by atoms with Gasteiger partial charge in [-0.05, 0) is 74.0 Å². The van der Waals surface area contributed by atoms with E-state index in [-0.39, 0.29) is 22.2 Å². The molecule has 42 heavy (non-hydrogen) atoms. The number of anilines is 3. The molecule has 1 atom stereocenters. The van der Waals surface area contributed by atoms with E-state index >= 15 is 0 Å². The quantitative estimate of drug-likeness (QED) is 0.343. The Balaban J connectivity index is 0.000000616. The van der Waals surface area contributed by atoms with Crippen molar-refractivity contribution in [2.75, 3.05) is 41.3 Å². The SMILES string of the molecule is COc1ccc(S(=O)(=O)Nc2cc(C(=O)O)ccc2N2CCN(c3cccc(C)c3)C(C)C2)cc1.O=C(O)C(F)(F)F. The Kier molecular flexibility index (Phi) is 9.94. The summed E-state index contributed by atoms with van der Waals surface area (Å²) in [7, 11) is -2.44. The van der Waals surface area contributed by atoms with Crippen LogP contribution in [0.4, 0.5) is 30.2 Å². The van der Waals surface area contributed by atoms with Crippen LogP contribution in [0.15, 0.2) is 71.6 Å². The van der Waals surface area contributed by atoms with E-state index in [9.17, 15) is 31.5 Å². The van der Waals surface area contributed by atoms with Crippen LogP contribution in [0.5, 0.6) is 5.75 Å². The van der Waals surface area contributed by atoms with Gasteiger partial charge in [-0.3, -0.25) is 4.72 Å². The molecule has 0 spiro atoms. The van der Waals surface area contributed by atoms with Crippen molar-refractivity contribution < 1.29 is 46.1 Å². The molecule has 1 unspecified atom stereocenters. The summed E-state index contributed by atoms with van der Waals surface area (Å²) in [5.74, 6) is -3.34. The summed E-state index contributed by atoms with van der Waals surface area (Å²) in [5, 5.41) is 16.6. The van der Waals surface area contributed by atoms with Crippen molar-refractivity contribution in [2.45, 2.75) is 31.0 Å². The third kappa shape index (κ3) is 8.06. The fourth-order valence-electron chi connectivity index (χ4n) is 4.35. The van der Waals surface area contributed by atoms with Crippen molar-refractivity contribution in [2.24, 2.45) is 0 Å². The van der Waals surface area contributed by atoms with Gasteiger partial charge in [0.1, 0.15) is 5.75 Å². The van der Waals surface area contributed by atoms with Gasteiger partial charge in [-0.15, -0.1) is 0 Å². The number of benzene rings is 3. The highest BCUT2D eigenvalue weighted by molar-refractivity contribution is 7.92. The molecule has 1 fully saturated rings. The number of aliphatic carboxylic acids is 1. The third-order valence-corrected chi connectivity index (χ3v) is 7.78. The first kappa shape index (κ1) is 32.1. The predicted octanol–water partition coefficient (Wildman–Crippen LogP) is 4.85. The van der Waals surface area contributed by atoms with E-state index in [0.29, 0.717) is 24.5 Å². The minimum absolute atomic E-state index is 0.00706. The second kappa shape index (κ2) is 13.0. The van der Waals surface area contributed by atoms with Crippen LogP contribution in [0.3, 0.4) is 0 Å². The molecule has 1 aliphatic heterocycles. The lowest BCUT2D eigenvalue weighted by molar-refractivity contribution is -0.192. The third-order valence-electron chi connectivity index (χ3n) is 6.40. The highest BCUT2D eigenvalue weighted by Gasteiger charge is 2.38. The van der Waals surface area contributed by atoms with Crippen molar-refractivity contribution in [3.63, 3.8) is 0 Å². The molecule has 3 aromatic rings. The molecule has 1 aliphatic rings. The maximum absolute atomic E-state index is 13.1. The Morgan fingerprint density at radius 3 is 2.17 bits per heavy atom. The highest BCUT2D eigenvalue weighted by atomic mass is 32.2. The van der Waals surface area contributed by atoms with Crippen LogP contribution < -0.4 is 19.3 Å². The van der Waals surface area contributed by atoms with Crippen molar-refractivity contribution in [1.29, 1.82) is 0 Å². The fraction of sp³-hybridized carbons (Fsp3) is 0.286. The molecule has 1 saturated heterocycles. The van der Waals surface area contributed by atoms with E-state index in [4.69, 9.17) is 14.6 Å². The number of nitrogens with one attached hydrogen (secondary N) is 1. The van der Waals surface area contributed by atoms with Gasteiger partial charge in [0.05, 0.1) is 28.9 Å². The minimum Gasteiger partial charge on any atom is -0.497 e. The molecule has 0 saturated carbocycles. The van der Waals surface area contributed by atoms with E-state index in [1.807, 2.05) is 6.07 Å². The van der Waals surface area contributed by atoms with Crippen LogP contribution >= 0.6 is 0 Å². The first-order valence-corrected chi connectivity index (χ1v) is 14.0. The van der Waals surface area contributed by atoms with Gasteiger partial charge in [0, 0.05) is 31.4 Å². The van der Waals surface area contributed by atoms with Gasteiger partial charge in [0.15, 0.2) is 0 Å². The van der Waals surface area contributed by atoms with E-state index in [1.165, 1.54) is 36.9 Å². The standard InChI is InChI=1S/C26H29N3O5S.C2HF3O2/c1-18-5-4-6-21(15-18)29-14-13-28(17-19(29)2)25-12-7-20(26(30)31)16-24(25)27-35(32,33)23-10-8-22(34-3)9-11-23;3-2(4,5)1(6)7/h4-12,15-16,19,27H,13-14,17H2,1-3H3,(H,30,31);(H,6,7). The topological polar surface area (TPSA) is 136 Å². The second-order valence-electron chi connectivity index (χ2n) is 9.45. The van der Waals surface area contributed by atoms with Crippen LogP contribution in [-0.2, 0) is 14.8 Å². The zero-order chi connectivity index (χ0) is 31.2. The summed E-state index contributed by atoms with van der Waals surface area (Å²) in [6.45, 7) is 6.24. The molecule has 4 rings (SSSR count). The number of nitrogens with zero attached hydrogens (tertiary/aromatic N) is 2. The molecule has 0 aliphatic carbocycles. The number of carbonyl (C=O) groups is 2. The summed E-state index contributed by atoms with van der Waals surface area (Å²) in [6, 6.07) is 19.1. The fourth-order valence-corrected chi connectivity index (χ4v) is 5.42. The number of carboxylic acids is 2. The first-order chi connectivity index (χ1) is 19.6. The number of aryl methyl sites for hydroxylation is 1. The zero-order valence-electron chi connectivity index (χ0n) is 22.9. The van der Waals surface area contributed by atoms with Crippen LogP contribution in [0.2, 0.25) is 0 Å². The summed E-state index contributed by atoms with van der Waals surface area (Å²) < 4.78 is 65.7. The molecule has 0 bridgehead atoms. The van der Waals surface area contributed by atoms with E-state index in [2.05, 4.69) is 46.6 Å². The van der Waals surface area contributed by atoms with Crippen molar-refractivity contribution in [3.05, 3.63) is 77.9 Å². The molecule has 1 heterocycles. The second-order valence-corrected chi connectivity index (χ2v) is 11.1. The maximum Gasteiger partial charge on any atom is 0.490 e. The summed E-state index contributed by atoms with van der Waals surface area (Å²) in [4.78, 5) is 25.0. The number of ether oxygens (including phenoxy) is 1. The minimum atomic E-state index is -5.08. The van der Waals surface area contributed by atoms with Gasteiger partial charge in [-0.25, -0.2) is 18.0 Å². The number of hydrogen-bond donors (Lipinski definition) is 3. The summed E-state index contributed by atoms with van der Waals surface area (Å²) in [5.41, 5.74) is 3.22. The molecule has 3 N–H and O–H groups in total. The van der Waals surface area contributed by atoms with Crippen LogP contribution in [0, 0.1) is 6.92 Å². The Morgan fingerprint density at radius 2 is 1.64 bits per heavy atom. The number of alkyl halides is 3. The maximum atomic E-state index is 13.1. The molecule has 3 aromatic carbocycles. The Morgan fingerprint density at radius 1 is 1.00 bits per heavy atom. The van der Waals surface area contributed by atoms with Crippen molar-refractivity contribution in [1.82, 2.24) is 0 Å². The monoisotopic (exact) mass is 609 g/mol. The number of piperazine rings is 1.